The average Bonchev–Trinajstić information content (AvgIpc) is 2.67. The number of aryl methyl sites for hydroxylation is 3. The maximum atomic E-state index is 12.1. The summed E-state index contributed by atoms with van der Waals surface area (Å²) in [5.41, 5.74) is 3.85. The molecule has 1 aliphatic heterocycles. The van der Waals surface area contributed by atoms with Gasteiger partial charge in [0.25, 0.3) is 5.91 Å². The lowest BCUT2D eigenvalue weighted by atomic mass is 10.1. The summed E-state index contributed by atoms with van der Waals surface area (Å²) >= 11 is 1.32. The number of hydrogen-bond acceptors (Lipinski definition) is 6. The lowest BCUT2D eigenvalue weighted by Crippen LogP contribution is -2.22. The van der Waals surface area contributed by atoms with E-state index in [9.17, 15) is 9.59 Å². The Bertz CT molecular complexity index is 873. The Balaban J connectivity index is 1.46. The van der Waals surface area contributed by atoms with Crippen molar-refractivity contribution < 1.29 is 23.8 Å². The number of carbonyl (C=O) groups excluding carboxylic acids is 2. The summed E-state index contributed by atoms with van der Waals surface area (Å²) in [6.45, 7) is 6.62. The van der Waals surface area contributed by atoms with Crippen molar-refractivity contribution in [1.82, 2.24) is 0 Å². The number of fused-ring (bicyclic) bond motifs is 1. The molecule has 6 nitrogen and oxygen atoms in total. The third-order valence-electron chi connectivity index (χ3n) is 4.18. The number of benzene rings is 2. The summed E-state index contributed by atoms with van der Waals surface area (Å²) in [4.78, 5) is 24.9. The number of carbonyl (C=O) groups is 2. The van der Waals surface area contributed by atoms with Crippen LogP contribution in [0.5, 0.6) is 11.5 Å². The SMILES string of the molecule is Cc1cc(C)c(NC(=O)COC(=O)CSc2ccc3c(c2)OCCO3)c(C)c1. The van der Waals surface area contributed by atoms with E-state index in [1.165, 1.54) is 11.8 Å². The van der Waals surface area contributed by atoms with Crippen LogP contribution in [0, 0.1) is 20.8 Å². The van der Waals surface area contributed by atoms with Gasteiger partial charge in [-0.15, -0.1) is 11.8 Å². The fraction of sp³-hybridized carbons (Fsp3) is 0.333. The second kappa shape index (κ2) is 9.01. The molecule has 0 unspecified atom stereocenters. The molecule has 2 aromatic rings. The monoisotopic (exact) mass is 401 g/mol. The molecule has 0 aliphatic carbocycles. The van der Waals surface area contributed by atoms with Gasteiger partial charge in [0.15, 0.2) is 18.1 Å². The minimum Gasteiger partial charge on any atom is -0.486 e. The highest BCUT2D eigenvalue weighted by Gasteiger charge is 2.14. The fourth-order valence-electron chi connectivity index (χ4n) is 3.00. The van der Waals surface area contributed by atoms with E-state index in [4.69, 9.17) is 14.2 Å². The van der Waals surface area contributed by atoms with Crippen LogP contribution in [0.25, 0.3) is 0 Å². The number of esters is 1. The van der Waals surface area contributed by atoms with Gasteiger partial charge in [-0.25, -0.2) is 0 Å². The molecule has 0 fully saturated rings. The molecule has 28 heavy (non-hydrogen) atoms. The van der Waals surface area contributed by atoms with Crippen LogP contribution < -0.4 is 14.8 Å². The highest BCUT2D eigenvalue weighted by Crippen LogP contribution is 2.34. The summed E-state index contributed by atoms with van der Waals surface area (Å²) in [6.07, 6.45) is 0. The summed E-state index contributed by atoms with van der Waals surface area (Å²) < 4.78 is 16.1. The van der Waals surface area contributed by atoms with Gasteiger partial charge in [0, 0.05) is 10.6 Å². The topological polar surface area (TPSA) is 73.9 Å². The second-order valence-electron chi connectivity index (χ2n) is 6.58. The number of nitrogens with one attached hydrogen (secondary N) is 1. The molecule has 7 heteroatoms. The van der Waals surface area contributed by atoms with Crippen molar-refractivity contribution in [3.63, 3.8) is 0 Å². The maximum absolute atomic E-state index is 12.1. The molecule has 1 heterocycles. The van der Waals surface area contributed by atoms with E-state index >= 15 is 0 Å². The van der Waals surface area contributed by atoms with Gasteiger partial charge < -0.3 is 19.5 Å². The molecular weight excluding hydrogens is 378 g/mol. The number of anilines is 1. The van der Waals surface area contributed by atoms with Crippen molar-refractivity contribution in [1.29, 1.82) is 0 Å². The Morgan fingerprint density at radius 3 is 2.43 bits per heavy atom. The van der Waals surface area contributed by atoms with E-state index in [0.717, 1.165) is 27.3 Å². The lowest BCUT2D eigenvalue weighted by Gasteiger charge is -2.18. The van der Waals surface area contributed by atoms with E-state index in [1.807, 2.05) is 51.1 Å². The zero-order valence-electron chi connectivity index (χ0n) is 16.2. The van der Waals surface area contributed by atoms with Crippen LogP contribution in [0.4, 0.5) is 5.69 Å². The largest absolute Gasteiger partial charge is 0.486 e. The molecule has 0 atom stereocenters. The maximum Gasteiger partial charge on any atom is 0.316 e. The van der Waals surface area contributed by atoms with Crippen LogP contribution in [0.15, 0.2) is 35.2 Å². The quantitative estimate of drug-likeness (QED) is 0.588. The summed E-state index contributed by atoms with van der Waals surface area (Å²) in [5, 5.41) is 2.82. The lowest BCUT2D eigenvalue weighted by molar-refractivity contribution is -0.144. The summed E-state index contributed by atoms with van der Waals surface area (Å²) in [7, 11) is 0. The van der Waals surface area contributed by atoms with Gasteiger partial charge in [0.05, 0.1) is 5.75 Å². The van der Waals surface area contributed by atoms with Crippen LogP contribution in [-0.4, -0.2) is 37.4 Å². The van der Waals surface area contributed by atoms with Crippen LogP contribution in [-0.2, 0) is 14.3 Å². The molecule has 0 spiro atoms. The van der Waals surface area contributed by atoms with Gasteiger partial charge in [-0.2, -0.15) is 0 Å². The van der Waals surface area contributed by atoms with E-state index in [0.29, 0.717) is 24.7 Å². The van der Waals surface area contributed by atoms with E-state index in [2.05, 4.69) is 5.32 Å². The smallest absolute Gasteiger partial charge is 0.316 e. The van der Waals surface area contributed by atoms with Crippen LogP contribution >= 0.6 is 11.8 Å². The average molecular weight is 401 g/mol. The second-order valence-corrected chi connectivity index (χ2v) is 7.63. The molecule has 3 rings (SSSR count). The van der Waals surface area contributed by atoms with Crippen molar-refractivity contribution in [2.24, 2.45) is 0 Å². The molecule has 0 bridgehead atoms. The van der Waals surface area contributed by atoms with Gasteiger partial charge in [0.2, 0.25) is 0 Å². The minimum atomic E-state index is -0.451. The van der Waals surface area contributed by atoms with Crippen LogP contribution in [0.1, 0.15) is 16.7 Å². The Morgan fingerprint density at radius 1 is 1.04 bits per heavy atom. The zero-order valence-corrected chi connectivity index (χ0v) is 17.0. The van der Waals surface area contributed by atoms with Crippen molar-refractivity contribution in [3.05, 3.63) is 47.0 Å². The zero-order chi connectivity index (χ0) is 20.1. The Morgan fingerprint density at radius 2 is 1.71 bits per heavy atom. The molecule has 0 saturated carbocycles. The third kappa shape index (κ3) is 5.19. The van der Waals surface area contributed by atoms with Crippen molar-refractivity contribution in [3.8, 4) is 11.5 Å². The van der Waals surface area contributed by atoms with Gasteiger partial charge in [-0.3, -0.25) is 9.59 Å². The first-order chi connectivity index (χ1) is 13.4. The van der Waals surface area contributed by atoms with Crippen molar-refractivity contribution in [2.45, 2.75) is 25.7 Å². The number of rotatable bonds is 6. The van der Waals surface area contributed by atoms with E-state index < -0.39 is 5.97 Å². The number of ether oxygens (including phenoxy) is 3. The number of amides is 1. The molecule has 0 radical (unpaired) electrons. The summed E-state index contributed by atoms with van der Waals surface area (Å²) in [5.74, 6) is 0.680. The fourth-order valence-corrected chi connectivity index (χ4v) is 3.72. The predicted octanol–water partition coefficient (Wildman–Crippen LogP) is 3.66. The van der Waals surface area contributed by atoms with Gasteiger partial charge in [0.1, 0.15) is 13.2 Å². The van der Waals surface area contributed by atoms with Crippen molar-refractivity contribution in [2.75, 3.05) is 30.9 Å². The predicted molar refractivity (Wildman–Crippen MR) is 108 cm³/mol. The Hall–Kier alpha value is -2.67. The van der Waals surface area contributed by atoms with Crippen LogP contribution in [0.3, 0.4) is 0 Å². The van der Waals surface area contributed by atoms with E-state index in [1.54, 1.807) is 0 Å². The standard InChI is InChI=1S/C21H23NO5S/c1-13-8-14(2)21(15(3)9-13)22-19(23)11-27-20(24)12-28-16-4-5-17-18(10-16)26-7-6-25-17/h4-5,8-10H,6-7,11-12H2,1-3H3,(H,22,23). The highest BCUT2D eigenvalue weighted by atomic mass is 32.2. The summed E-state index contributed by atoms with van der Waals surface area (Å²) in [6, 6.07) is 9.52. The van der Waals surface area contributed by atoms with Gasteiger partial charge in [-0.1, -0.05) is 17.7 Å². The molecule has 1 aliphatic rings. The first-order valence-electron chi connectivity index (χ1n) is 8.98. The highest BCUT2D eigenvalue weighted by molar-refractivity contribution is 8.00. The van der Waals surface area contributed by atoms with Crippen LogP contribution in [0.2, 0.25) is 0 Å². The number of hydrogen-bond donors (Lipinski definition) is 1. The normalized spacial score (nSPS) is 12.4. The first-order valence-corrected chi connectivity index (χ1v) is 9.96. The Labute approximate surface area is 168 Å². The minimum absolute atomic E-state index is 0.107. The number of thioether (sulfide) groups is 1. The van der Waals surface area contributed by atoms with Gasteiger partial charge in [-0.05, 0) is 50.1 Å². The molecule has 0 aromatic heterocycles. The van der Waals surface area contributed by atoms with Crippen molar-refractivity contribution >= 4 is 29.3 Å². The van der Waals surface area contributed by atoms with E-state index in [-0.39, 0.29) is 18.3 Å². The Kier molecular flexibility index (Phi) is 6.46. The molecule has 1 amide bonds. The van der Waals surface area contributed by atoms with Gasteiger partial charge >= 0.3 is 5.97 Å². The molecule has 1 N–H and O–H groups in total. The third-order valence-corrected chi connectivity index (χ3v) is 5.14. The molecule has 148 valence electrons. The molecule has 2 aromatic carbocycles. The first kappa shape index (κ1) is 20.1. The molecular formula is C21H23NO5S. The molecule has 0 saturated heterocycles.